The van der Waals surface area contributed by atoms with Crippen LogP contribution in [0.1, 0.15) is 13.3 Å². The lowest BCUT2D eigenvalue weighted by Crippen LogP contribution is -2.33. The van der Waals surface area contributed by atoms with Crippen LogP contribution in [0.25, 0.3) is 0 Å². The summed E-state index contributed by atoms with van der Waals surface area (Å²) in [6, 6.07) is -0.0417. The van der Waals surface area contributed by atoms with Gasteiger partial charge in [-0.25, -0.2) is 0 Å². The molecule has 0 aliphatic carbocycles. The monoisotopic (exact) mass is 145 g/mol. The van der Waals surface area contributed by atoms with E-state index in [-0.39, 0.29) is 11.8 Å². The molecular weight excluding hydrogens is 130 g/mol. The molecule has 0 aliphatic rings. The van der Waals surface area contributed by atoms with Gasteiger partial charge in [0.1, 0.15) is 5.78 Å². The Labute approximate surface area is 61.8 Å². The van der Waals surface area contributed by atoms with Crippen molar-refractivity contribution >= 4 is 5.78 Å². The van der Waals surface area contributed by atoms with Crippen molar-refractivity contribution in [1.29, 1.82) is 0 Å². The molecule has 3 heteroatoms. The molecule has 0 spiro atoms. The normalized spacial score (nSPS) is 13.1. The van der Waals surface area contributed by atoms with Crippen LogP contribution in [0.4, 0.5) is 0 Å². The maximum absolute atomic E-state index is 10.8. The molecule has 0 radical (unpaired) electrons. The highest BCUT2D eigenvalue weighted by Crippen LogP contribution is 1.92. The molecule has 0 aromatic heterocycles. The number of likely N-dealkylation sites (N-methyl/N-ethyl adjacent to an activating group) is 1. The molecule has 0 amide bonds. The lowest BCUT2D eigenvalue weighted by atomic mass is 10.1. The summed E-state index contributed by atoms with van der Waals surface area (Å²) in [6.07, 6.45) is 0.752. The number of carbonyl (C=O) groups excluding carboxylic acids is 1. The van der Waals surface area contributed by atoms with E-state index < -0.39 is 0 Å². The van der Waals surface area contributed by atoms with Crippen LogP contribution < -0.4 is 5.32 Å². The summed E-state index contributed by atoms with van der Waals surface area (Å²) in [7, 11) is 3.41. The largest absolute Gasteiger partial charge is 0.385 e. The topological polar surface area (TPSA) is 38.3 Å². The maximum atomic E-state index is 10.8. The number of methoxy groups -OCH3 is 1. The smallest absolute Gasteiger partial charge is 0.146 e. The average Bonchev–Trinajstić information content (AvgIpc) is 1.89. The van der Waals surface area contributed by atoms with Gasteiger partial charge in [0.2, 0.25) is 0 Å². The van der Waals surface area contributed by atoms with E-state index in [2.05, 4.69) is 5.32 Å². The van der Waals surface area contributed by atoms with Crippen LogP contribution in [-0.4, -0.2) is 32.6 Å². The minimum atomic E-state index is -0.0417. The Kier molecular flexibility index (Phi) is 5.16. The first-order chi connectivity index (χ1) is 4.72. The molecule has 0 saturated carbocycles. The summed E-state index contributed by atoms with van der Waals surface area (Å²) in [4.78, 5) is 10.8. The SMILES string of the molecule is CN[C@H](CCOC)C(C)=O. The molecule has 3 nitrogen and oxygen atoms in total. The molecule has 0 unspecified atom stereocenters. The van der Waals surface area contributed by atoms with E-state index in [4.69, 9.17) is 4.74 Å². The second-order valence-electron chi connectivity index (χ2n) is 2.23. The number of Topliss-reactive ketones (excluding diaryl/α,β-unsaturated/α-hetero) is 1. The molecule has 0 fully saturated rings. The summed E-state index contributed by atoms with van der Waals surface area (Å²) in [5.74, 6) is 0.166. The van der Waals surface area contributed by atoms with Gasteiger partial charge in [-0.1, -0.05) is 0 Å². The Morgan fingerprint density at radius 2 is 2.30 bits per heavy atom. The molecule has 1 N–H and O–H groups in total. The zero-order chi connectivity index (χ0) is 7.98. The van der Waals surface area contributed by atoms with Crippen LogP contribution in [0.15, 0.2) is 0 Å². The summed E-state index contributed by atoms with van der Waals surface area (Å²) >= 11 is 0. The zero-order valence-corrected chi connectivity index (χ0v) is 6.81. The fourth-order valence-electron chi connectivity index (χ4n) is 0.787. The Morgan fingerprint density at radius 1 is 1.70 bits per heavy atom. The van der Waals surface area contributed by atoms with E-state index in [1.165, 1.54) is 0 Å². The van der Waals surface area contributed by atoms with E-state index in [9.17, 15) is 4.79 Å². The van der Waals surface area contributed by atoms with Gasteiger partial charge in [-0.05, 0) is 20.4 Å². The number of hydrogen-bond acceptors (Lipinski definition) is 3. The Morgan fingerprint density at radius 3 is 2.60 bits per heavy atom. The van der Waals surface area contributed by atoms with Crippen molar-refractivity contribution in [1.82, 2.24) is 5.32 Å². The van der Waals surface area contributed by atoms with Gasteiger partial charge in [0.25, 0.3) is 0 Å². The predicted octanol–water partition coefficient (Wildman–Crippen LogP) is 0.200. The van der Waals surface area contributed by atoms with Crippen LogP contribution >= 0.6 is 0 Å². The van der Waals surface area contributed by atoms with Gasteiger partial charge >= 0.3 is 0 Å². The van der Waals surface area contributed by atoms with E-state index >= 15 is 0 Å². The molecule has 0 rings (SSSR count). The number of ketones is 1. The fraction of sp³-hybridized carbons (Fsp3) is 0.857. The molecule has 1 atom stereocenters. The van der Waals surface area contributed by atoms with Crippen LogP contribution in [-0.2, 0) is 9.53 Å². The third-order valence-electron chi connectivity index (χ3n) is 1.45. The number of carbonyl (C=O) groups is 1. The van der Waals surface area contributed by atoms with Gasteiger partial charge in [-0.15, -0.1) is 0 Å². The van der Waals surface area contributed by atoms with Gasteiger partial charge in [-0.2, -0.15) is 0 Å². The fourth-order valence-corrected chi connectivity index (χ4v) is 0.787. The van der Waals surface area contributed by atoms with Crippen molar-refractivity contribution in [2.45, 2.75) is 19.4 Å². The molecular formula is C7H15NO2. The molecule has 0 aliphatic heterocycles. The van der Waals surface area contributed by atoms with Crippen LogP contribution in [0.5, 0.6) is 0 Å². The Hall–Kier alpha value is -0.410. The van der Waals surface area contributed by atoms with Gasteiger partial charge in [0.05, 0.1) is 6.04 Å². The van der Waals surface area contributed by atoms with Gasteiger partial charge in [-0.3, -0.25) is 4.79 Å². The molecule has 0 aromatic carbocycles. The Balaban J connectivity index is 3.50. The minimum absolute atomic E-state index is 0.0417. The van der Waals surface area contributed by atoms with Crippen molar-refractivity contribution in [3.8, 4) is 0 Å². The third kappa shape index (κ3) is 3.58. The standard InChI is InChI=1S/C7H15NO2/c1-6(9)7(8-2)4-5-10-3/h7-8H,4-5H2,1-3H3/t7-/m1/s1. The van der Waals surface area contributed by atoms with Crippen molar-refractivity contribution in [3.63, 3.8) is 0 Å². The summed E-state index contributed by atoms with van der Waals surface area (Å²) in [6.45, 7) is 2.21. The summed E-state index contributed by atoms with van der Waals surface area (Å²) in [5, 5.41) is 2.91. The first kappa shape index (κ1) is 9.59. The van der Waals surface area contributed by atoms with Gasteiger partial charge < -0.3 is 10.1 Å². The number of hydrogen-bond donors (Lipinski definition) is 1. The maximum Gasteiger partial charge on any atom is 0.146 e. The van der Waals surface area contributed by atoms with Gasteiger partial charge in [0.15, 0.2) is 0 Å². The second kappa shape index (κ2) is 5.38. The van der Waals surface area contributed by atoms with Crippen LogP contribution in [0.2, 0.25) is 0 Å². The molecule has 10 heavy (non-hydrogen) atoms. The van der Waals surface area contributed by atoms with E-state index in [0.717, 1.165) is 6.42 Å². The van der Waals surface area contributed by atoms with Crippen molar-refractivity contribution in [2.75, 3.05) is 20.8 Å². The molecule has 0 saturated heterocycles. The summed E-state index contributed by atoms with van der Waals surface area (Å²) in [5.41, 5.74) is 0. The van der Waals surface area contributed by atoms with Crippen molar-refractivity contribution in [2.24, 2.45) is 0 Å². The predicted molar refractivity (Wildman–Crippen MR) is 40.0 cm³/mol. The second-order valence-corrected chi connectivity index (χ2v) is 2.23. The lowest BCUT2D eigenvalue weighted by molar-refractivity contribution is -0.119. The lowest BCUT2D eigenvalue weighted by Gasteiger charge is -2.10. The molecule has 60 valence electrons. The minimum Gasteiger partial charge on any atom is -0.385 e. The Bertz CT molecular complexity index is 104. The van der Waals surface area contributed by atoms with Gasteiger partial charge in [0, 0.05) is 13.7 Å². The summed E-state index contributed by atoms with van der Waals surface area (Å²) < 4.78 is 4.83. The highest BCUT2D eigenvalue weighted by atomic mass is 16.5. The zero-order valence-electron chi connectivity index (χ0n) is 6.81. The first-order valence-electron chi connectivity index (χ1n) is 3.39. The number of ether oxygens (including phenoxy) is 1. The number of rotatable bonds is 5. The van der Waals surface area contributed by atoms with E-state index in [0.29, 0.717) is 6.61 Å². The first-order valence-corrected chi connectivity index (χ1v) is 3.39. The highest BCUT2D eigenvalue weighted by molar-refractivity contribution is 5.81. The van der Waals surface area contributed by atoms with E-state index in [1.54, 1.807) is 21.1 Å². The van der Waals surface area contributed by atoms with Crippen molar-refractivity contribution in [3.05, 3.63) is 0 Å². The van der Waals surface area contributed by atoms with Crippen LogP contribution in [0, 0.1) is 0 Å². The molecule has 0 bridgehead atoms. The quantitative estimate of drug-likeness (QED) is 0.600. The van der Waals surface area contributed by atoms with Crippen molar-refractivity contribution < 1.29 is 9.53 Å². The van der Waals surface area contributed by atoms with E-state index in [1.807, 2.05) is 0 Å². The highest BCUT2D eigenvalue weighted by Gasteiger charge is 2.09. The number of nitrogens with one attached hydrogen (secondary N) is 1. The van der Waals surface area contributed by atoms with Crippen LogP contribution in [0.3, 0.4) is 0 Å². The molecule has 0 aromatic rings. The molecule has 0 heterocycles. The average molecular weight is 145 g/mol. The third-order valence-corrected chi connectivity index (χ3v) is 1.45.